The van der Waals surface area contributed by atoms with Gasteiger partial charge in [-0.3, -0.25) is 0 Å². The van der Waals surface area contributed by atoms with E-state index in [1.54, 1.807) is 25.6 Å². The number of hydrogen-bond acceptors (Lipinski definition) is 4. The number of benzene rings is 1. The molecule has 1 aromatic carbocycles. The summed E-state index contributed by atoms with van der Waals surface area (Å²) in [5.74, 6) is 2.26. The molecule has 0 aliphatic heterocycles. The average molecular weight is 397 g/mol. The van der Waals surface area contributed by atoms with Crippen LogP contribution in [0.5, 0.6) is 11.5 Å². The Balaban J connectivity index is 1.61. The standard InChI is InChI=1S/C23H28N2O2S/c1-16-9-11-20(25(16)14-17-7-5-4-6-8-17)19-15-28-23(24-19)18-10-12-21(26-2)22(13-18)27-3/h9-13,15,17H,4-8,14H2,1-3H3. The lowest BCUT2D eigenvalue weighted by molar-refractivity contribution is 0.319. The van der Waals surface area contributed by atoms with E-state index in [0.717, 1.165) is 40.2 Å². The summed E-state index contributed by atoms with van der Waals surface area (Å²) < 4.78 is 13.3. The van der Waals surface area contributed by atoms with Crippen molar-refractivity contribution in [2.75, 3.05) is 14.2 Å². The topological polar surface area (TPSA) is 36.3 Å². The summed E-state index contributed by atoms with van der Waals surface area (Å²) >= 11 is 1.67. The normalized spacial score (nSPS) is 15.0. The minimum absolute atomic E-state index is 0.730. The Bertz CT molecular complexity index is 938. The molecule has 1 fully saturated rings. The van der Waals surface area contributed by atoms with E-state index in [9.17, 15) is 0 Å². The minimum Gasteiger partial charge on any atom is -0.493 e. The van der Waals surface area contributed by atoms with E-state index in [2.05, 4.69) is 29.0 Å². The number of methoxy groups -OCH3 is 2. The van der Waals surface area contributed by atoms with Crippen LogP contribution in [0.25, 0.3) is 22.0 Å². The van der Waals surface area contributed by atoms with Crippen LogP contribution in [0.15, 0.2) is 35.7 Å². The summed E-state index contributed by atoms with van der Waals surface area (Å²) in [6.07, 6.45) is 6.85. The van der Waals surface area contributed by atoms with Gasteiger partial charge in [-0.15, -0.1) is 11.3 Å². The SMILES string of the molecule is COc1ccc(-c2nc(-c3ccc(C)n3CC3CCCCC3)cs2)cc1OC. The van der Waals surface area contributed by atoms with Gasteiger partial charge in [-0.1, -0.05) is 19.3 Å². The Kier molecular flexibility index (Phi) is 5.72. The smallest absolute Gasteiger partial charge is 0.161 e. The molecule has 148 valence electrons. The molecule has 1 saturated carbocycles. The predicted octanol–water partition coefficient (Wildman–Crippen LogP) is 6.18. The van der Waals surface area contributed by atoms with Gasteiger partial charge in [-0.05, 0) is 56.0 Å². The molecule has 28 heavy (non-hydrogen) atoms. The second-order valence-corrected chi connectivity index (χ2v) is 8.44. The van der Waals surface area contributed by atoms with Crippen LogP contribution in [0.2, 0.25) is 0 Å². The minimum atomic E-state index is 0.730. The Labute approximate surface area is 171 Å². The van der Waals surface area contributed by atoms with E-state index in [0.29, 0.717) is 0 Å². The number of rotatable bonds is 6. The van der Waals surface area contributed by atoms with Crippen molar-refractivity contribution in [1.82, 2.24) is 9.55 Å². The Hall–Kier alpha value is -2.27. The molecule has 4 rings (SSSR count). The van der Waals surface area contributed by atoms with Gasteiger partial charge in [-0.25, -0.2) is 4.98 Å². The van der Waals surface area contributed by atoms with Crippen LogP contribution in [0, 0.1) is 12.8 Å². The summed E-state index contributed by atoms with van der Waals surface area (Å²) in [6, 6.07) is 10.4. The predicted molar refractivity (Wildman–Crippen MR) is 115 cm³/mol. The molecule has 0 N–H and O–H groups in total. The van der Waals surface area contributed by atoms with Gasteiger partial charge < -0.3 is 14.0 Å². The number of thiazole rings is 1. The first-order valence-electron chi connectivity index (χ1n) is 10.0. The fourth-order valence-electron chi connectivity index (χ4n) is 4.16. The molecule has 1 aliphatic carbocycles. The van der Waals surface area contributed by atoms with Crippen molar-refractivity contribution in [2.24, 2.45) is 5.92 Å². The fourth-order valence-corrected chi connectivity index (χ4v) is 4.97. The largest absolute Gasteiger partial charge is 0.493 e. The molecule has 0 amide bonds. The third-order valence-electron chi connectivity index (χ3n) is 5.76. The van der Waals surface area contributed by atoms with Crippen molar-refractivity contribution in [2.45, 2.75) is 45.6 Å². The second-order valence-electron chi connectivity index (χ2n) is 7.58. The van der Waals surface area contributed by atoms with Gasteiger partial charge >= 0.3 is 0 Å². The molecule has 0 atom stereocenters. The molecule has 0 unspecified atom stereocenters. The lowest BCUT2D eigenvalue weighted by Gasteiger charge is -2.24. The number of aryl methyl sites for hydroxylation is 1. The third-order valence-corrected chi connectivity index (χ3v) is 6.65. The molecule has 0 bridgehead atoms. The van der Waals surface area contributed by atoms with Gasteiger partial charge in [0.15, 0.2) is 11.5 Å². The van der Waals surface area contributed by atoms with Crippen LogP contribution in [-0.4, -0.2) is 23.8 Å². The zero-order valence-corrected chi connectivity index (χ0v) is 17.7. The zero-order valence-electron chi connectivity index (χ0n) is 16.9. The summed E-state index contributed by atoms with van der Waals surface area (Å²) in [7, 11) is 3.32. The van der Waals surface area contributed by atoms with Crippen molar-refractivity contribution in [3.05, 3.63) is 41.4 Å². The number of aromatic nitrogens is 2. The zero-order chi connectivity index (χ0) is 19.5. The van der Waals surface area contributed by atoms with Crippen LogP contribution in [0.3, 0.4) is 0 Å². The average Bonchev–Trinajstić information content (AvgIpc) is 3.36. The van der Waals surface area contributed by atoms with Crippen molar-refractivity contribution >= 4 is 11.3 Å². The lowest BCUT2D eigenvalue weighted by Crippen LogP contribution is -2.15. The quantitative estimate of drug-likeness (QED) is 0.499. The van der Waals surface area contributed by atoms with Crippen molar-refractivity contribution in [3.63, 3.8) is 0 Å². The van der Waals surface area contributed by atoms with Crippen LogP contribution in [0.1, 0.15) is 37.8 Å². The van der Waals surface area contributed by atoms with Gasteiger partial charge in [0.25, 0.3) is 0 Å². The molecule has 5 heteroatoms. The summed E-state index contributed by atoms with van der Waals surface area (Å²) in [5.41, 5.74) is 4.65. The summed E-state index contributed by atoms with van der Waals surface area (Å²) in [4.78, 5) is 4.95. The van der Waals surface area contributed by atoms with Crippen LogP contribution in [-0.2, 0) is 6.54 Å². The molecule has 0 saturated heterocycles. The Morgan fingerprint density at radius 3 is 2.57 bits per heavy atom. The van der Waals surface area contributed by atoms with Gasteiger partial charge in [0.2, 0.25) is 0 Å². The van der Waals surface area contributed by atoms with Gasteiger partial charge in [0, 0.05) is 23.2 Å². The maximum absolute atomic E-state index is 5.44. The monoisotopic (exact) mass is 396 g/mol. The van der Waals surface area contributed by atoms with E-state index in [1.807, 2.05) is 18.2 Å². The van der Waals surface area contributed by atoms with E-state index < -0.39 is 0 Å². The van der Waals surface area contributed by atoms with Crippen molar-refractivity contribution in [3.8, 4) is 33.5 Å². The number of nitrogens with zero attached hydrogens (tertiary/aromatic N) is 2. The maximum Gasteiger partial charge on any atom is 0.161 e. The number of hydrogen-bond donors (Lipinski definition) is 0. The molecule has 2 heterocycles. The molecular formula is C23H28N2O2S. The molecular weight excluding hydrogens is 368 g/mol. The van der Waals surface area contributed by atoms with Crippen LogP contribution >= 0.6 is 11.3 Å². The lowest BCUT2D eigenvalue weighted by atomic mass is 9.89. The highest BCUT2D eigenvalue weighted by molar-refractivity contribution is 7.13. The maximum atomic E-state index is 5.44. The van der Waals surface area contributed by atoms with Gasteiger partial charge in [0.1, 0.15) is 5.01 Å². The molecule has 4 nitrogen and oxygen atoms in total. The van der Waals surface area contributed by atoms with Crippen molar-refractivity contribution in [1.29, 1.82) is 0 Å². The molecule has 1 aliphatic rings. The highest BCUT2D eigenvalue weighted by atomic mass is 32.1. The first-order chi connectivity index (χ1) is 13.7. The first-order valence-corrected chi connectivity index (χ1v) is 10.9. The number of ether oxygens (including phenoxy) is 2. The molecule has 0 radical (unpaired) electrons. The van der Waals surface area contributed by atoms with Crippen LogP contribution in [0.4, 0.5) is 0 Å². The molecule has 3 aromatic rings. The van der Waals surface area contributed by atoms with Crippen LogP contribution < -0.4 is 9.47 Å². The van der Waals surface area contributed by atoms with E-state index in [-0.39, 0.29) is 0 Å². The van der Waals surface area contributed by atoms with Crippen molar-refractivity contribution < 1.29 is 9.47 Å². The Morgan fingerprint density at radius 1 is 1.04 bits per heavy atom. The highest BCUT2D eigenvalue weighted by Gasteiger charge is 2.18. The van der Waals surface area contributed by atoms with Gasteiger partial charge in [-0.2, -0.15) is 0 Å². The van der Waals surface area contributed by atoms with E-state index in [1.165, 1.54) is 43.5 Å². The van der Waals surface area contributed by atoms with E-state index in [4.69, 9.17) is 14.5 Å². The second kappa shape index (κ2) is 8.39. The first kappa shape index (κ1) is 19.1. The fraction of sp³-hybridized carbons (Fsp3) is 0.435. The molecule has 0 spiro atoms. The van der Waals surface area contributed by atoms with Gasteiger partial charge in [0.05, 0.1) is 25.6 Å². The summed E-state index contributed by atoms with van der Waals surface area (Å²) in [6.45, 7) is 3.31. The molecule has 2 aromatic heterocycles. The third kappa shape index (κ3) is 3.81. The highest BCUT2D eigenvalue weighted by Crippen LogP contribution is 2.36. The Morgan fingerprint density at radius 2 is 1.82 bits per heavy atom. The van der Waals surface area contributed by atoms with E-state index >= 15 is 0 Å². The summed E-state index contributed by atoms with van der Waals surface area (Å²) in [5, 5.41) is 3.16.